The number of ether oxygens (including phenoxy) is 2. The quantitative estimate of drug-likeness (QED) is 0.930. The standard InChI is InChI=1S/C17H24N2O3/c1-12-13(2)21-10-9-19(12)17(20)18-15-5-3-4-6-16(15)22-11-14-7-8-14/h3-6,12-14H,7-11H2,1-2H3,(H,18,20)/t12-,13-/m1/s1. The van der Waals surface area contributed by atoms with Crippen LogP contribution >= 0.6 is 0 Å². The average molecular weight is 304 g/mol. The minimum atomic E-state index is -0.0925. The van der Waals surface area contributed by atoms with Crippen molar-refractivity contribution >= 4 is 11.7 Å². The molecule has 0 spiro atoms. The van der Waals surface area contributed by atoms with E-state index in [9.17, 15) is 4.79 Å². The summed E-state index contributed by atoms with van der Waals surface area (Å²) in [6, 6.07) is 7.60. The Kier molecular flexibility index (Phi) is 4.52. The Morgan fingerprint density at radius 3 is 2.91 bits per heavy atom. The number of nitrogens with zero attached hydrogens (tertiary/aromatic N) is 1. The molecule has 3 rings (SSSR count). The van der Waals surface area contributed by atoms with E-state index in [1.54, 1.807) is 0 Å². The molecule has 2 aliphatic rings. The van der Waals surface area contributed by atoms with Gasteiger partial charge in [-0.15, -0.1) is 0 Å². The normalized spacial score (nSPS) is 24.9. The number of carbonyl (C=O) groups is 1. The largest absolute Gasteiger partial charge is 0.491 e. The Bertz CT molecular complexity index is 530. The zero-order valence-corrected chi connectivity index (χ0v) is 13.2. The molecular formula is C17H24N2O3. The zero-order chi connectivity index (χ0) is 15.5. The highest BCUT2D eigenvalue weighted by Gasteiger charge is 2.29. The minimum absolute atomic E-state index is 0.0564. The van der Waals surface area contributed by atoms with Crippen molar-refractivity contribution in [3.05, 3.63) is 24.3 Å². The third-order valence-corrected chi connectivity index (χ3v) is 4.44. The summed E-state index contributed by atoms with van der Waals surface area (Å²) >= 11 is 0. The second kappa shape index (κ2) is 6.57. The van der Waals surface area contributed by atoms with Gasteiger partial charge < -0.3 is 19.7 Å². The predicted molar refractivity (Wildman–Crippen MR) is 85.3 cm³/mol. The van der Waals surface area contributed by atoms with E-state index in [0.29, 0.717) is 19.1 Å². The first kappa shape index (κ1) is 15.2. The molecule has 2 amide bonds. The first-order chi connectivity index (χ1) is 10.6. The maximum atomic E-state index is 12.5. The SMILES string of the molecule is C[C@@H]1[C@@H](C)OCCN1C(=O)Nc1ccccc1OCC1CC1. The van der Waals surface area contributed by atoms with E-state index in [-0.39, 0.29) is 18.2 Å². The van der Waals surface area contributed by atoms with Gasteiger partial charge in [0, 0.05) is 6.54 Å². The van der Waals surface area contributed by atoms with Crippen molar-refractivity contribution in [2.24, 2.45) is 5.92 Å². The first-order valence-corrected chi connectivity index (χ1v) is 8.06. The maximum Gasteiger partial charge on any atom is 0.322 e. The van der Waals surface area contributed by atoms with Gasteiger partial charge in [-0.05, 0) is 44.7 Å². The lowest BCUT2D eigenvalue weighted by atomic mass is 10.1. The van der Waals surface area contributed by atoms with Crippen LogP contribution < -0.4 is 10.1 Å². The monoisotopic (exact) mass is 304 g/mol. The molecule has 120 valence electrons. The Labute approximate surface area is 131 Å². The van der Waals surface area contributed by atoms with E-state index in [1.165, 1.54) is 12.8 Å². The van der Waals surface area contributed by atoms with Gasteiger partial charge >= 0.3 is 6.03 Å². The Morgan fingerprint density at radius 1 is 1.36 bits per heavy atom. The molecule has 22 heavy (non-hydrogen) atoms. The molecule has 0 unspecified atom stereocenters. The number of hydrogen-bond acceptors (Lipinski definition) is 3. The third kappa shape index (κ3) is 3.53. The molecule has 0 bridgehead atoms. The van der Waals surface area contributed by atoms with Crippen LogP contribution in [0.25, 0.3) is 0 Å². The summed E-state index contributed by atoms with van der Waals surface area (Å²) in [6.45, 7) is 5.94. The van der Waals surface area contributed by atoms with Crippen LogP contribution in [-0.2, 0) is 4.74 Å². The van der Waals surface area contributed by atoms with Gasteiger partial charge in [-0.3, -0.25) is 0 Å². The lowest BCUT2D eigenvalue weighted by molar-refractivity contribution is -0.0355. The van der Waals surface area contributed by atoms with Crippen molar-refractivity contribution in [1.29, 1.82) is 0 Å². The number of benzene rings is 1. The summed E-state index contributed by atoms with van der Waals surface area (Å²) in [7, 11) is 0. The number of nitrogens with one attached hydrogen (secondary N) is 1. The minimum Gasteiger partial charge on any atom is -0.491 e. The first-order valence-electron chi connectivity index (χ1n) is 8.06. The Hall–Kier alpha value is -1.75. The Balaban J connectivity index is 1.65. The maximum absolute atomic E-state index is 12.5. The van der Waals surface area contributed by atoms with Crippen LogP contribution in [0.2, 0.25) is 0 Å². The number of morpholine rings is 1. The fourth-order valence-electron chi connectivity index (χ4n) is 2.59. The number of para-hydroxylation sites is 2. The molecule has 1 aliphatic carbocycles. The molecule has 2 atom stereocenters. The van der Waals surface area contributed by atoms with Gasteiger partial charge in [0.2, 0.25) is 0 Å². The number of hydrogen-bond donors (Lipinski definition) is 1. The van der Waals surface area contributed by atoms with E-state index in [1.807, 2.05) is 43.0 Å². The van der Waals surface area contributed by atoms with Crippen LogP contribution in [0.1, 0.15) is 26.7 Å². The number of rotatable bonds is 4. The van der Waals surface area contributed by atoms with Crippen molar-refractivity contribution in [1.82, 2.24) is 4.90 Å². The lowest BCUT2D eigenvalue weighted by Crippen LogP contribution is -2.52. The molecule has 1 saturated carbocycles. The van der Waals surface area contributed by atoms with E-state index in [0.717, 1.165) is 18.0 Å². The van der Waals surface area contributed by atoms with Crippen LogP contribution in [0.3, 0.4) is 0 Å². The van der Waals surface area contributed by atoms with E-state index < -0.39 is 0 Å². The van der Waals surface area contributed by atoms with Gasteiger partial charge in [0.25, 0.3) is 0 Å². The van der Waals surface area contributed by atoms with Crippen molar-refractivity contribution < 1.29 is 14.3 Å². The van der Waals surface area contributed by atoms with Gasteiger partial charge in [0.05, 0.1) is 31.0 Å². The highest BCUT2D eigenvalue weighted by molar-refractivity contribution is 5.91. The summed E-state index contributed by atoms with van der Waals surface area (Å²) in [6.07, 6.45) is 2.55. The van der Waals surface area contributed by atoms with Crippen LogP contribution in [0.4, 0.5) is 10.5 Å². The average Bonchev–Trinajstić information content (AvgIpc) is 3.33. The van der Waals surface area contributed by atoms with Gasteiger partial charge in [-0.2, -0.15) is 0 Å². The third-order valence-electron chi connectivity index (χ3n) is 4.44. The molecule has 0 radical (unpaired) electrons. The fraction of sp³-hybridized carbons (Fsp3) is 0.588. The number of amides is 2. The van der Waals surface area contributed by atoms with Crippen LogP contribution in [0.15, 0.2) is 24.3 Å². The van der Waals surface area contributed by atoms with Crippen molar-refractivity contribution in [2.75, 3.05) is 25.1 Å². The second-order valence-corrected chi connectivity index (χ2v) is 6.19. The molecule has 1 aromatic carbocycles. The van der Waals surface area contributed by atoms with Crippen molar-refractivity contribution in [3.63, 3.8) is 0 Å². The highest BCUT2D eigenvalue weighted by atomic mass is 16.5. The molecule has 1 N–H and O–H groups in total. The summed E-state index contributed by atoms with van der Waals surface area (Å²) in [4.78, 5) is 14.4. The van der Waals surface area contributed by atoms with E-state index in [4.69, 9.17) is 9.47 Å². The Morgan fingerprint density at radius 2 is 2.14 bits per heavy atom. The van der Waals surface area contributed by atoms with Crippen LogP contribution in [-0.4, -0.2) is 42.8 Å². The molecule has 1 aliphatic heterocycles. The summed E-state index contributed by atoms with van der Waals surface area (Å²) < 4.78 is 11.4. The van der Waals surface area contributed by atoms with E-state index >= 15 is 0 Å². The van der Waals surface area contributed by atoms with Gasteiger partial charge in [-0.1, -0.05) is 12.1 Å². The molecule has 5 heteroatoms. The number of anilines is 1. The number of urea groups is 1. The molecule has 1 aromatic rings. The summed E-state index contributed by atoms with van der Waals surface area (Å²) in [5.41, 5.74) is 0.736. The zero-order valence-electron chi connectivity index (χ0n) is 13.2. The van der Waals surface area contributed by atoms with Crippen LogP contribution in [0.5, 0.6) is 5.75 Å². The number of carbonyl (C=O) groups excluding carboxylic acids is 1. The fourth-order valence-corrected chi connectivity index (χ4v) is 2.59. The van der Waals surface area contributed by atoms with Gasteiger partial charge in [-0.25, -0.2) is 4.79 Å². The van der Waals surface area contributed by atoms with Gasteiger partial charge in [0.15, 0.2) is 0 Å². The van der Waals surface area contributed by atoms with E-state index in [2.05, 4.69) is 5.32 Å². The predicted octanol–water partition coefficient (Wildman–Crippen LogP) is 3.12. The van der Waals surface area contributed by atoms with Gasteiger partial charge in [0.1, 0.15) is 5.75 Å². The second-order valence-electron chi connectivity index (χ2n) is 6.19. The molecule has 2 fully saturated rings. The summed E-state index contributed by atoms with van der Waals surface area (Å²) in [5, 5.41) is 2.98. The van der Waals surface area contributed by atoms with Crippen LogP contribution in [0, 0.1) is 5.92 Å². The summed E-state index contributed by atoms with van der Waals surface area (Å²) in [5.74, 6) is 1.43. The van der Waals surface area contributed by atoms with Crippen molar-refractivity contribution in [2.45, 2.75) is 38.8 Å². The molecule has 1 heterocycles. The molecule has 0 aromatic heterocycles. The lowest BCUT2D eigenvalue weighted by Gasteiger charge is -2.37. The van der Waals surface area contributed by atoms with Crippen molar-refractivity contribution in [3.8, 4) is 5.75 Å². The smallest absolute Gasteiger partial charge is 0.322 e. The molecule has 1 saturated heterocycles. The molecule has 5 nitrogen and oxygen atoms in total. The molecular weight excluding hydrogens is 280 g/mol. The topological polar surface area (TPSA) is 50.8 Å². The highest BCUT2D eigenvalue weighted by Crippen LogP contribution is 2.32.